The van der Waals surface area contributed by atoms with Crippen LogP contribution in [0.15, 0.2) is 88.6 Å². The number of hydrogen-bond donors (Lipinski definition) is 3. The van der Waals surface area contributed by atoms with Crippen LogP contribution in [0.25, 0.3) is 33.7 Å². The van der Waals surface area contributed by atoms with Gasteiger partial charge in [-0.25, -0.2) is 4.98 Å². The van der Waals surface area contributed by atoms with Crippen LogP contribution < -0.4 is 16.2 Å². The highest BCUT2D eigenvalue weighted by Crippen LogP contribution is 2.31. The quantitative estimate of drug-likeness (QED) is 0.226. The second-order valence-electron chi connectivity index (χ2n) is 10.0. The normalized spacial score (nSPS) is 12.1. The van der Waals surface area contributed by atoms with Crippen molar-refractivity contribution in [2.24, 2.45) is 7.05 Å². The summed E-state index contributed by atoms with van der Waals surface area (Å²) in [5.74, 6) is 1.30. The largest absolute Gasteiger partial charge is 0.394 e. The minimum atomic E-state index is -0.462. The maximum Gasteiger partial charge on any atom is 0.274 e. The predicted molar refractivity (Wildman–Crippen MR) is 159 cm³/mol. The van der Waals surface area contributed by atoms with E-state index in [9.17, 15) is 9.90 Å². The first kappa shape index (κ1) is 26.8. The average molecular weight is 564 g/mol. The molecular weight excluding hydrogens is 534 g/mol. The number of aliphatic hydroxyl groups excluding tert-OH is 1. The van der Waals surface area contributed by atoms with Crippen LogP contribution in [0.4, 0.5) is 17.5 Å². The van der Waals surface area contributed by atoms with Crippen LogP contribution in [0.1, 0.15) is 31.5 Å². The Hall–Kier alpha value is -5.36. The Morgan fingerprint density at radius 3 is 2.55 bits per heavy atom. The second kappa shape index (κ2) is 11.3. The zero-order valence-corrected chi connectivity index (χ0v) is 23.3. The van der Waals surface area contributed by atoms with Crippen LogP contribution in [0, 0.1) is 0 Å². The molecule has 42 heavy (non-hydrogen) atoms. The molecule has 0 unspecified atom stereocenters. The van der Waals surface area contributed by atoms with E-state index < -0.39 is 6.04 Å². The van der Waals surface area contributed by atoms with Crippen molar-refractivity contribution in [2.75, 3.05) is 17.2 Å². The Morgan fingerprint density at radius 1 is 1.02 bits per heavy atom. The highest BCUT2D eigenvalue weighted by atomic mass is 16.5. The topological polar surface area (TPSA) is 149 Å². The van der Waals surface area contributed by atoms with Gasteiger partial charge in [-0.2, -0.15) is 9.97 Å². The Labute approximate surface area is 240 Å². The highest BCUT2D eigenvalue weighted by Gasteiger charge is 2.21. The monoisotopic (exact) mass is 563 g/mol. The maximum absolute atomic E-state index is 12.7. The molecule has 0 aliphatic rings. The SMILES string of the molecule is CC(C)n1c2cc(Nc3ncc(-c4nc(-c5ccncc5)no4)c(N[C@H](CO)c4ccccc4)n3)ccc2c(=O)n1C. The first-order valence-corrected chi connectivity index (χ1v) is 13.4. The minimum Gasteiger partial charge on any atom is -0.394 e. The molecule has 0 fully saturated rings. The fourth-order valence-corrected chi connectivity index (χ4v) is 4.91. The lowest BCUT2D eigenvalue weighted by atomic mass is 10.1. The minimum absolute atomic E-state index is 0.0565. The van der Waals surface area contributed by atoms with Crippen molar-refractivity contribution in [1.29, 1.82) is 0 Å². The lowest BCUT2D eigenvalue weighted by Gasteiger charge is -2.19. The standard InChI is InChI=1S/C30H29N9O3/c1-18(2)39-25-15-21(9-10-22(25)29(41)38(39)3)33-30-32-16-23(28-35-26(37-42-28)20-11-13-31-14-12-20)27(36-30)34-24(17-40)19-7-5-4-6-8-19/h4-16,18,24,40H,17H2,1-3H3,(H2,32,33,34,36)/t24-/m1/s1. The molecule has 6 aromatic rings. The van der Waals surface area contributed by atoms with Crippen molar-refractivity contribution in [1.82, 2.24) is 34.5 Å². The molecule has 0 bridgehead atoms. The van der Waals surface area contributed by atoms with Crippen molar-refractivity contribution in [3.05, 3.63) is 95.2 Å². The van der Waals surface area contributed by atoms with Crippen molar-refractivity contribution >= 4 is 28.4 Å². The third kappa shape index (κ3) is 5.10. The number of nitrogens with zero attached hydrogens (tertiary/aromatic N) is 7. The summed E-state index contributed by atoms with van der Waals surface area (Å²) in [5.41, 5.74) is 3.55. The molecule has 0 aliphatic heterocycles. The number of nitrogens with one attached hydrogen (secondary N) is 2. The van der Waals surface area contributed by atoms with E-state index in [0.29, 0.717) is 34.2 Å². The number of hydrogen-bond acceptors (Lipinski definition) is 10. The summed E-state index contributed by atoms with van der Waals surface area (Å²) in [7, 11) is 1.76. The summed E-state index contributed by atoms with van der Waals surface area (Å²) >= 11 is 0. The van der Waals surface area contributed by atoms with Gasteiger partial charge < -0.3 is 20.3 Å². The Morgan fingerprint density at radius 2 is 1.81 bits per heavy atom. The molecule has 0 saturated carbocycles. The summed E-state index contributed by atoms with van der Waals surface area (Å²) in [6.07, 6.45) is 4.90. The van der Waals surface area contributed by atoms with E-state index in [1.165, 1.54) is 0 Å². The zero-order chi connectivity index (χ0) is 29.2. The third-order valence-electron chi connectivity index (χ3n) is 6.92. The first-order chi connectivity index (χ1) is 20.4. The van der Waals surface area contributed by atoms with Gasteiger partial charge in [-0.3, -0.25) is 19.1 Å². The van der Waals surface area contributed by atoms with Crippen molar-refractivity contribution in [3.8, 4) is 22.8 Å². The van der Waals surface area contributed by atoms with Crippen molar-refractivity contribution in [2.45, 2.75) is 25.9 Å². The van der Waals surface area contributed by atoms with Gasteiger partial charge in [-0.1, -0.05) is 35.5 Å². The van der Waals surface area contributed by atoms with Gasteiger partial charge in [0.15, 0.2) is 0 Å². The number of pyridine rings is 1. The summed E-state index contributed by atoms with van der Waals surface area (Å²) < 4.78 is 9.17. The summed E-state index contributed by atoms with van der Waals surface area (Å²) in [4.78, 5) is 30.6. The van der Waals surface area contributed by atoms with E-state index in [-0.39, 0.29) is 24.1 Å². The van der Waals surface area contributed by atoms with E-state index in [1.807, 2.05) is 61.0 Å². The molecule has 3 N–H and O–H groups in total. The smallest absolute Gasteiger partial charge is 0.274 e. The van der Waals surface area contributed by atoms with E-state index in [4.69, 9.17) is 9.51 Å². The second-order valence-corrected chi connectivity index (χ2v) is 10.0. The molecule has 4 heterocycles. The molecular formula is C30H29N9O3. The molecule has 12 heteroatoms. The molecule has 12 nitrogen and oxygen atoms in total. The molecule has 0 aliphatic carbocycles. The molecule has 212 valence electrons. The van der Waals surface area contributed by atoms with Gasteiger partial charge in [0.2, 0.25) is 11.8 Å². The Kier molecular flexibility index (Phi) is 7.19. The first-order valence-electron chi connectivity index (χ1n) is 13.4. The van der Waals surface area contributed by atoms with E-state index in [2.05, 4.69) is 30.7 Å². The number of fused-ring (bicyclic) bond motifs is 1. The zero-order valence-electron chi connectivity index (χ0n) is 23.3. The van der Waals surface area contributed by atoms with Gasteiger partial charge >= 0.3 is 0 Å². The van der Waals surface area contributed by atoms with Gasteiger partial charge in [-0.05, 0) is 49.7 Å². The van der Waals surface area contributed by atoms with Crippen molar-refractivity contribution in [3.63, 3.8) is 0 Å². The molecule has 6 rings (SSSR count). The van der Waals surface area contributed by atoms with Gasteiger partial charge in [0.05, 0.1) is 23.6 Å². The molecule has 0 saturated heterocycles. The van der Waals surface area contributed by atoms with Crippen LogP contribution >= 0.6 is 0 Å². The molecule has 4 aromatic heterocycles. The van der Waals surface area contributed by atoms with E-state index in [1.54, 1.807) is 48.5 Å². The lowest BCUT2D eigenvalue weighted by Crippen LogP contribution is -2.20. The molecule has 1 atom stereocenters. The maximum atomic E-state index is 12.7. The van der Waals surface area contributed by atoms with Crippen LogP contribution in [0.5, 0.6) is 0 Å². The summed E-state index contributed by atoms with van der Waals surface area (Å²) in [5, 5.41) is 21.6. The van der Waals surface area contributed by atoms with Gasteiger partial charge in [-0.15, -0.1) is 0 Å². The molecule has 0 amide bonds. The fraction of sp³-hybridized carbons (Fsp3) is 0.200. The number of aliphatic hydroxyl groups is 1. The third-order valence-corrected chi connectivity index (χ3v) is 6.92. The van der Waals surface area contributed by atoms with Gasteiger partial charge in [0.25, 0.3) is 11.4 Å². The van der Waals surface area contributed by atoms with Crippen LogP contribution in [-0.4, -0.2) is 46.2 Å². The van der Waals surface area contributed by atoms with E-state index in [0.717, 1.165) is 16.6 Å². The number of aromatic nitrogens is 7. The van der Waals surface area contributed by atoms with Gasteiger partial charge in [0, 0.05) is 42.9 Å². The highest BCUT2D eigenvalue weighted by molar-refractivity contribution is 5.83. The number of benzene rings is 2. The summed E-state index contributed by atoms with van der Waals surface area (Å²) in [6.45, 7) is 3.88. The van der Waals surface area contributed by atoms with Gasteiger partial charge in [0.1, 0.15) is 11.4 Å². The van der Waals surface area contributed by atoms with E-state index >= 15 is 0 Å². The number of rotatable bonds is 9. The Bertz CT molecular complexity index is 1900. The van der Waals surface area contributed by atoms with Crippen molar-refractivity contribution < 1.29 is 9.63 Å². The summed E-state index contributed by atoms with van der Waals surface area (Å²) in [6, 6.07) is 18.3. The number of anilines is 3. The van der Waals surface area contributed by atoms with Crippen LogP contribution in [-0.2, 0) is 7.05 Å². The van der Waals surface area contributed by atoms with Crippen LogP contribution in [0.2, 0.25) is 0 Å². The fourth-order valence-electron chi connectivity index (χ4n) is 4.91. The lowest BCUT2D eigenvalue weighted by molar-refractivity contribution is 0.276. The predicted octanol–water partition coefficient (Wildman–Crippen LogP) is 4.71. The average Bonchev–Trinajstić information content (AvgIpc) is 3.60. The molecule has 0 spiro atoms. The molecule has 0 radical (unpaired) electrons. The Balaban J connectivity index is 1.39. The molecule has 2 aromatic carbocycles. The van der Waals surface area contributed by atoms with Crippen LogP contribution in [0.3, 0.4) is 0 Å².